The number of aromatic hydroxyl groups is 1. The van der Waals surface area contributed by atoms with E-state index in [9.17, 15) is 24.6 Å². The normalized spacial score (nSPS) is 18.6. The van der Waals surface area contributed by atoms with Crippen molar-refractivity contribution in [2.75, 3.05) is 108 Å². The van der Waals surface area contributed by atoms with E-state index < -0.39 is 35.4 Å². The van der Waals surface area contributed by atoms with Crippen molar-refractivity contribution in [3.05, 3.63) is 89.7 Å². The molecule has 0 spiro atoms. The van der Waals surface area contributed by atoms with E-state index in [0.29, 0.717) is 75.8 Å². The fourth-order valence-electron chi connectivity index (χ4n) is 9.86. The second-order valence-electron chi connectivity index (χ2n) is 20.4. The number of aryl methyl sites for hydroxylation is 1. The van der Waals surface area contributed by atoms with Gasteiger partial charge in [0.1, 0.15) is 31.0 Å². The summed E-state index contributed by atoms with van der Waals surface area (Å²) in [4.78, 5) is 56.3. The standard InChI is InChI=1S/C55H72N10O11S/c1-36-50(77-35-59-36)38-11-9-37(10-12-38)30-58-53(69)46-28-42(66)33-64(46)54(70)51(55(2,3)4)60-48(68)34-75-24-23-73-20-19-71-17-18-72-21-22-74-25-26-76-49-27-39(15-16-57-49)65-40-13-14-41(65)32-63(31-40)45-29-44(61-62-52(45)56)43-7-5-6-8-47(43)67/h5-12,15-16,27,29,35,40-42,46,51,66-67H,13-14,17-26,28,30-34H2,1-4H3,(H2,56,62)(H,58,69)(H,60,68)/t40-,41?,42+,46?,51?/m0/s1. The molecule has 3 aliphatic rings. The van der Waals surface area contributed by atoms with Crippen molar-refractivity contribution in [2.24, 2.45) is 5.41 Å². The SMILES string of the molecule is Cc1ncsc1-c1ccc(CNC(=O)C2C[C@@H](O)CN2C(=O)C(NC(=O)COCCOCCOCCOCCOCCOc2cc(N3C4CC[C@H]3CN(c3cc(-c5ccccc5O)nnc3N)C4)ccn2)C(C)(C)C)cc1. The Labute approximate surface area is 453 Å². The lowest BCUT2D eigenvalue weighted by Gasteiger charge is -2.43. The van der Waals surface area contributed by atoms with Gasteiger partial charge in [0.05, 0.1) is 93.0 Å². The molecule has 3 amide bonds. The van der Waals surface area contributed by atoms with E-state index in [1.165, 1.54) is 4.90 Å². The Hall–Kier alpha value is -6.53. The van der Waals surface area contributed by atoms with Gasteiger partial charge < -0.3 is 69.7 Å². The first-order valence-corrected chi connectivity index (χ1v) is 27.1. The lowest BCUT2D eigenvalue weighted by molar-refractivity contribution is -0.144. The quantitative estimate of drug-likeness (QED) is 0.0457. The van der Waals surface area contributed by atoms with E-state index in [0.717, 1.165) is 59.0 Å². The lowest BCUT2D eigenvalue weighted by Crippen LogP contribution is -2.58. The molecule has 77 heavy (non-hydrogen) atoms. The monoisotopic (exact) mass is 1080 g/mol. The molecular formula is C55H72N10O11S. The van der Waals surface area contributed by atoms with Gasteiger partial charge in [0, 0.05) is 68.2 Å². The minimum Gasteiger partial charge on any atom is -0.507 e. The largest absolute Gasteiger partial charge is 0.507 e. The second kappa shape index (κ2) is 27.2. The number of para-hydroxylation sites is 1. The van der Waals surface area contributed by atoms with Crippen LogP contribution < -0.4 is 30.9 Å². The molecule has 414 valence electrons. The molecule has 0 aliphatic carbocycles. The third-order valence-electron chi connectivity index (χ3n) is 13.7. The number of hydrogen-bond donors (Lipinski definition) is 5. The first-order chi connectivity index (χ1) is 37.2. The molecule has 6 heterocycles. The van der Waals surface area contributed by atoms with Crippen molar-refractivity contribution < 1.29 is 53.0 Å². The number of anilines is 3. The molecule has 3 saturated heterocycles. The topological polar surface area (TPSA) is 258 Å². The number of phenolic OH excluding ortho intramolecular Hbond substituents is 1. The number of amides is 3. The summed E-state index contributed by atoms with van der Waals surface area (Å²) in [5.74, 6) is -0.262. The highest BCUT2D eigenvalue weighted by molar-refractivity contribution is 7.13. The van der Waals surface area contributed by atoms with Gasteiger partial charge >= 0.3 is 0 Å². The molecular weight excluding hydrogens is 1010 g/mol. The molecule has 3 aromatic heterocycles. The predicted molar refractivity (Wildman–Crippen MR) is 291 cm³/mol. The maximum absolute atomic E-state index is 13.9. The van der Waals surface area contributed by atoms with Gasteiger partial charge in [0.2, 0.25) is 23.6 Å². The molecule has 5 atom stereocenters. The van der Waals surface area contributed by atoms with E-state index in [-0.39, 0.29) is 63.1 Å². The Bertz CT molecular complexity index is 2710. The summed E-state index contributed by atoms with van der Waals surface area (Å²) in [6.45, 7) is 12.3. The maximum Gasteiger partial charge on any atom is 0.246 e. The minimum atomic E-state index is -0.968. The molecule has 0 saturated carbocycles. The Morgan fingerprint density at radius 2 is 1.47 bits per heavy atom. The van der Waals surface area contributed by atoms with Gasteiger partial charge in [0.25, 0.3) is 0 Å². The van der Waals surface area contributed by atoms with Crippen LogP contribution in [0.25, 0.3) is 21.7 Å². The molecule has 22 heteroatoms. The number of fused-ring (bicyclic) bond motifs is 2. The fraction of sp³-hybridized carbons (Fsp3) is 0.509. The smallest absolute Gasteiger partial charge is 0.246 e. The Kier molecular flexibility index (Phi) is 20.0. The van der Waals surface area contributed by atoms with Crippen molar-refractivity contribution in [1.29, 1.82) is 0 Å². The molecule has 3 aliphatic heterocycles. The Morgan fingerprint density at radius 3 is 2.10 bits per heavy atom. The van der Waals surface area contributed by atoms with Crippen LogP contribution in [0.3, 0.4) is 0 Å². The number of pyridine rings is 1. The maximum atomic E-state index is 13.9. The van der Waals surface area contributed by atoms with Crippen LogP contribution in [0.4, 0.5) is 17.2 Å². The molecule has 2 aromatic carbocycles. The number of nitrogens with zero attached hydrogens (tertiary/aromatic N) is 7. The molecule has 0 radical (unpaired) electrons. The fourth-order valence-corrected chi connectivity index (χ4v) is 10.7. The minimum absolute atomic E-state index is 0.0192. The number of carbonyl (C=O) groups excluding carboxylic acids is 3. The first-order valence-electron chi connectivity index (χ1n) is 26.2. The highest BCUT2D eigenvalue weighted by Crippen LogP contribution is 2.40. The zero-order valence-electron chi connectivity index (χ0n) is 44.3. The summed E-state index contributed by atoms with van der Waals surface area (Å²) in [5, 5.41) is 35.2. The zero-order chi connectivity index (χ0) is 54.3. The number of hydrogen-bond acceptors (Lipinski definition) is 19. The summed E-state index contributed by atoms with van der Waals surface area (Å²) in [7, 11) is 0. The van der Waals surface area contributed by atoms with Crippen molar-refractivity contribution in [3.63, 3.8) is 0 Å². The van der Waals surface area contributed by atoms with Crippen LogP contribution >= 0.6 is 11.3 Å². The van der Waals surface area contributed by atoms with Crippen molar-refractivity contribution in [2.45, 2.75) is 83.8 Å². The van der Waals surface area contributed by atoms with Gasteiger partial charge in [-0.05, 0) is 60.6 Å². The number of nitrogen functional groups attached to an aromatic ring is 1. The van der Waals surface area contributed by atoms with Gasteiger partial charge in [-0.15, -0.1) is 21.5 Å². The summed E-state index contributed by atoms with van der Waals surface area (Å²) < 4.78 is 34.0. The van der Waals surface area contributed by atoms with Gasteiger partial charge in [-0.3, -0.25) is 14.4 Å². The van der Waals surface area contributed by atoms with Gasteiger partial charge in [-0.1, -0.05) is 57.2 Å². The highest BCUT2D eigenvalue weighted by Gasteiger charge is 2.45. The summed E-state index contributed by atoms with van der Waals surface area (Å²) in [5.41, 5.74) is 13.4. The van der Waals surface area contributed by atoms with Gasteiger partial charge in [-0.25, -0.2) is 9.97 Å². The number of aliphatic hydroxyl groups is 1. The molecule has 5 aromatic rings. The number of piperazine rings is 1. The number of ether oxygens (including phenoxy) is 6. The van der Waals surface area contributed by atoms with Crippen LogP contribution in [0.1, 0.15) is 51.3 Å². The number of β-amino-alcohol motifs (C(OH)–C–C–N with tert-alkyl or cyclic N) is 1. The van der Waals surface area contributed by atoms with Gasteiger partial charge in [-0.2, -0.15) is 0 Å². The summed E-state index contributed by atoms with van der Waals surface area (Å²) >= 11 is 1.57. The molecule has 6 N–H and O–H groups in total. The number of thiazole rings is 1. The van der Waals surface area contributed by atoms with Crippen molar-refractivity contribution in [3.8, 4) is 33.3 Å². The number of aliphatic hydroxyl groups excluding tert-OH is 1. The van der Waals surface area contributed by atoms with Crippen LogP contribution in [-0.2, 0) is 44.6 Å². The van der Waals surface area contributed by atoms with E-state index in [4.69, 9.17) is 34.2 Å². The zero-order valence-corrected chi connectivity index (χ0v) is 45.1. The molecule has 3 unspecified atom stereocenters. The van der Waals surface area contributed by atoms with Gasteiger partial charge in [0.15, 0.2) is 5.82 Å². The molecule has 21 nitrogen and oxygen atoms in total. The number of likely N-dealkylation sites (tertiary alicyclic amines) is 1. The van der Waals surface area contributed by atoms with Crippen molar-refractivity contribution >= 4 is 46.3 Å². The molecule has 3 fully saturated rings. The Morgan fingerprint density at radius 1 is 0.818 bits per heavy atom. The summed E-state index contributed by atoms with van der Waals surface area (Å²) in [6, 6.07) is 19.5. The third-order valence-corrected chi connectivity index (χ3v) is 14.7. The van der Waals surface area contributed by atoms with E-state index in [2.05, 4.69) is 40.6 Å². The van der Waals surface area contributed by atoms with E-state index in [1.54, 1.807) is 29.7 Å². The highest BCUT2D eigenvalue weighted by atomic mass is 32.1. The summed E-state index contributed by atoms with van der Waals surface area (Å²) in [6.07, 6.45) is 3.08. The predicted octanol–water partition coefficient (Wildman–Crippen LogP) is 4.39. The number of rotatable bonds is 27. The van der Waals surface area contributed by atoms with Crippen LogP contribution in [0.15, 0.2) is 78.4 Å². The lowest BCUT2D eigenvalue weighted by atomic mass is 9.85. The first kappa shape index (κ1) is 56.7. The number of benzene rings is 2. The number of carbonyl (C=O) groups is 3. The van der Waals surface area contributed by atoms with E-state index >= 15 is 0 Å². The average molecular weight is 1080 g/mol. The number of phenols is 1. The number of nitrogens with one attached hydrogen (secondary N) is 2. The van der Waals surface area contributed by atoms with Crippen LogP contribution in [-0.4, -0.2) is 176 Å². The van der Waals surface area contributed by atoms with E-state index in [1.807, 2.05) is 87.8 Å². The molecule has 8 rings (SSSR count). The van der Waals surface area contributed by atoms with Crippen molar-refractivity contribution in [1.82, 2.24) is 35.7 Å². The van der Waals surface area contributed by atoms with Crippen LogP contribution in [0.2, 0.25) is 0 Å². The third kappa shape index (κ3) is 15.4. The average Bonchev–Trinajstić information content (AvgIpc) is 4.16. The Balaban J connectivity index is 0.637. The second-order valence-corrected chi connectivity index (χ2v) is 21.2. The van der Waals surface area contributed by atoms with Crippen LogP contribution in [0, 0.1) is 12.3 Å². The van der Waals surface area contributed by atoms with Crippen LogP contribution in [0.5, 0.6) is 11.6 Å². The molecule has 2 bridgehead atoms. The number of aromatic nitrogens is 4. The number of nitrogens with two attached hydrogens (primary N) is 1.